The van der Waals surface area contributed by atoms with E-state index in [1.807, 2.05) is 17.8 Å². The molecule has 0 bridgehead atoms. The van der Waals surface area contributed by atoms with Gasteiger partial charge in [0.25, 0.3) is 10.2 Å². The van der Waals surface area contributed by atoms with E-state index >= 15 is 0 Å². The first-order valence-electron chi connectivity index (χ1n) is 7.40. The minimum absolute atomic E-state index is 0.259. The van der Waals surface area contributed by atoms with E-state index in [1.54, 1.807) is 32.7 Å². The van der Waals surface area contributed by atoms with Gasteiger partial charge in [-0.05, 0) is 12.8 Å². The third-order valence-corrected chi connectivity index (χ3v) is 5.98. The van der Waals surface area contributed by atoms with Gasteiger partial charge in [0.05, 0.1) is 24.1 Å². The summed E-state index contributed by atoms with van der Waals surface area (Å²) in [6.07, 6.45) is 8.42. The molecule has 2 aromatic heterocycles. The Morgan fingerprint density at radius 2 is 2.00 bits per heavy atom. The Labute approximate surface area is 136 Å². The first-order chi connectivity index (χ1) is 10.9. The Morgan fingerprint density at radius 3 is 2.57 bits per heavy atom. The van der Waals surface area contributed by atoms with Crippen molar-refractivity contribution < 1.29 is 8.42 Å². The van der Waals surface area contributed by atoms with E-state index < -0.39 is 10.2 Å². The predicted octanol–water partition coefficient (Wildman–Crippen LogP) is 0.820. The van der Waals surface area contributed by atoms with Gasteiger partial charge >= 0.3 is 0 Å². The molecule has 0 radical (unpaired) electrons. The second-order valence-corrected chi connectivity index (χ2v) is 7.84. The molecule has 2 aromatic rings. The standard InChI is InChI=1S/C14H20N6O2S/c1-18(2)23(21,22)20-7-4-5-13(20)11-9-17-12(10-16-11)14-15-6-8-19(14)3/h6,8-10,13H,4-5,7H2,1-3H3. The molecule has 0 amide bonds. The molecule has 1 unspecified atom stereocenters. The van der Waals surface area contributed by atoms with Crippen molar-refractivity contribution >= 4 is 10.2 Å². The van der Waals surface area contributed by atoms with Crippen LogP contribution in [0.1, 0.15) is 24.6 Å². The molecule has 1 saturated heterocycles. The molecule has 1 atom stereocenters. The van der Waals surface area contributed by atoms with Crippen LogP contribution in [0.15, 0.2) is 24.8 Å². The summed E-state index contributed by atoms with van der Waals surface area (Å²) >= 11 is 0. The van der Waals surface area contributed by atoms with E-state index in [9.17, 15) is 8.42 Å². The van der Waals surface area contributed by atoms with Gasteiger partial charge in [-0.1, -0.05) is 0 Å². The molecule has 0 N–H and O–H groups in total. The van der Waals surface area contributed by atoms with Gasteiger partial charge < -0.3 is 4.57 Å². The summed E-state index contributed by atoms with van der Waals surface area (Å²) in [4.78, 5) is 13.1. The average Bonchev–Trinajstić information content (AvgIpc) is 3.16. The van der Waals surface area contributed by atoms with Crippen molar-refractivity contribution in [2.75, 3.05) is 20.6 Å². The quantitative estimate of drug-likeness (QED) is 0.825. The fourth-order valence-corrected chi connectivity index (χ4v) is 4.07. The zero-order valence-corrected chi connectivity index (χ0v) is 14.2. The van der Waals surface area contributed by atoms with Crippen LogP contribution >= 0.6 is 0 Å². The van der Waals surface area contributed by atoms with E-state index in [0.717, 1.165) is 18.7 Å². The third-order valence-electron chi connectivity index (χ3n) is 4.02. The molecule has 3 rings (SSSR count). The van der Waals surface area contributed by atoms with Crippen molar-refractivity contribution in [1.82, 2.24) is 28.1 Å². The number of aryl methyl sites for hydroxylation is 1. The van der Waals surface area contributed by atoms with Crippen LogP contribution in [0, 0.1) is 0 Å². The van der Waals surface area contributed by atoms with Gasteiger partial charge in [-0.15, -0.1) is 0 Å². The van der Waals surface area contributed by atoms with Gasteiger partial charge in [0.1, 0.15) is 5.69 Å². The van der Waals surface area contributed by atoms with Crippen LogP contribution in [0.3, 0.4) is 0 Å². The molecule has 0 aromatic carbocycles. The SMILES string of the molecule is CN(C)S(=O)(=O)N1CCCC1c1cnc(-c2nccn2C)cn1. The van der Waals surface area contributed by atoms with Gasteiger partial charge in [-0.2, -0.15) is 17.0 Å². The number of rotatable bonds is 4. The van der Waals surface area contributed by atoms with Crippen molar-refractivity contribution in [3.63, 3.8) is 0 Å². The molecule has 0 saturated carbocycles. The maximum atomic E-state index is 12.4. The monoisotopic (exact) mass is 336 g/mol. The number of nitrogens with zero attached hydrogens (tertiary/aromatic N) is 6. The van der Waals surface area contributed by atoms with E-state index in [1.165, 1.54) is 8.61 Å². The van der Waals surface area contributed by atoms with Crippen molar-refractivity contribution in [2.45, 2.75) is 18.9 Å². The normalized spacial score (nSPS) is 19.6. The fourth-order valence-electron chi connectivity index (χ4n) is 2.76. The summed E-state index contributed by atoms with van der Waals surface area (Å²) in [5.74, 6) is 0.730. The molecule has 8 nitrogen and oxygen atoms in total. The summed E-state index contributed by atoms with van der Waals surface area (Å²) in [5, 5.41) is 0. The van der Waals surface area contributed by atoms with Crippen LogP contribution in [-0.4, -0.2) is 57.2 Å². The van der Waals surface area contributed by atoms with Crippen LogP contribution in [0.25, 0.3) is 11.5 Å². The van der Waals surface area contributed by atoms with Gasteiger partial charge in [0.2, 0.25) is 0 Å². The minimum atomic E-state index is -3.45. The lowest BCUT2D eigenvalue weighted by Gasteiger charge is -2.26. The highest BCUT2D eigenvalue weighted by Crippen LogP contribution is 2.33. The molecule has 124 valence electrons. The van der Waals surface area contributed by atoms with Crippen LogP contribution < -0.4 is 0 Å². The van der Waals surface area contributed by atoms with E-state index in [2.05, 4.69) is 15.0 Å². The lowest BCUT2D eigenvalue weighted by Crippen LogP contribution is -2.39. The summed E-state index contributed by atoms with van der Waals surface area (Å²) in [6, 6.07) is -0.259. The molecule has 0 aliphatic carbocycles. The van der Waals surface area contributed by atoms with Crippen molar-refractivity contribution in [3.8, 4) is 11.5 Å². The Kier molecular flexibility index (Phi) is 4.17. The maximum absolute atomic E-state index is 12.4. The smallest absolute Gasteiger partial charge is 0.282 e. The van der Waals surface area contributed by atoms with Crippen LogP contribution in [0.5, 0.6) is 0 Å². The van der Waals surface area contributed by atoms with Gasteiger partial charge in [0.15, 0.2) is 5.82 Å². The van der Waals surface area contributed by atoms with Crippen LogP contribution in [-0.2, 0) is 17.3 Å². The Hall–Kier alpha value is -1.84. The highest BCUT2D eigenvalue weighted by atomic mass is 32.2. The Morgan fingerprint density at radius 1 is 1.22 bits per heavy atom. The molecule has 9 heteroatoms. The largest absolute Gasteiger partial charge is 0.333 e. The first kappa shape index (κ1) is 16.0. The van der Waals surface area contributed by atoms with Crippen molar-refractivity contribution in [1.29, 1.82) is 0 Å². The lowest BCUT2D eigenvalue weighted by atomic mass is 10.2. The highest BCUT2D eigenvalue weighted by molar-refractivity contribution is 7.86. The zero-order valence-electron chi connectivity index (χ0n) is 13.4. The fraction of sp³-hybridized carbons (Fsp3) is 0.500. The maximum Gasteiger partial charge on any atom is 0.282 e. The minimum Gasteiger partial charge on any atom is -0.333 e. The molecular weight excluding hydrogens is 316 g/mol. The molecule has 1 fully saturated rings. The van der Waals surface area contributed by atoms with E-state index in [-0.39, 0.29) is 6.04 Å². The molecular formula is C14H20N6O2S. The zero-order chi connectivity index (χ0) is 16.6. The lowest BCUT2D eigenvalue weighted by molar-refractivity contribution is 0.357. The second kappa shape index (κ2) is 5.99. The van der Waals surface area contributed by atoms with Crippen LogP contribution in [0.2, 0.25) is 0 Å². The van der Waals surface area contributed by atoms with Crippen molar-refractivity contribution in [2.24, 2.45) is 7.05 Å². The molecule has 23 heavy (non-hydrogen) atoms. The molecule has 3 heterocycles. The highest BCUT2D eigenvalue weighted by Gasteiger charge is 2.37. The van der Waals surface area contributed by atoms with Crippen molar-refractivity contribution in [3.05, 3.63) is 30.5 Å². The third kappa shape index (κ3) is 2.87. The average molecular weight is 336 g/mol. The van der Waals surface area contributed by atoms with Gasteiger partial charge in [0, 0.05) is 40.1 Å². The summed E-state index contributed by atoms with van der Waals surface area (Å²) in [5.41, 5.74) is 1.34. The molecule has 1 aliphatic heterocycles. The van der Waals surface area contributed by atoms with Gasteiger partial charge in [-0.3, -0.25) is 4.98 Å². The first-order valence-corrected chi connectivity index (χ1v) is 8.80. The van der Waals surface area contributed by atoms with Crippen LogP contribution in [0.4, 0.5) is 0 Å². The van der Waals surface area contributed by atoms with E-state index in [0.29, 0.717) is 17.9 Å². The number of hydrogen-bond donors (Lipinski definition) is 0. The molecule has 0 spiro atoms. The predicted molar refractivity (Wildman–Crippen MR) is 85.5 cm³/mol. The topological polar surface area (TPSA) is 84.2 Å². The second-order valence-electron chi connectivity index (χ2n) is 5.75. The van der Waals surface area contributed by atoms with Gasteiger partial charge in [-0.25, -0.2) is 9.97 Å². The Balaban J connectivity index is 1.89. The summed E-state index contributed by atoms with van der Waals surface area (Å²) < 4.78 is 29.4. The number of imidazole rings is 1. The Bertz CT molecular complexity index is 784. The molecule has 1 aliphatic rings. The number of aromatic nitrogens is 4. The summed E-state index contributed by atoms with van der Waals surface area (Å²) in [7, 11) is 1.52. The summed E-state index contributed by atoms with van der Waals surface area (Å²) in [6.45, 7) is 0.508. The number of hydrogen-bond acceptors (Lipinski definition) is 5. The van der Waals surface area contributed by atoms with E-state index in [4.69, 9.17) is 0 Å².